The fraction of sp³-hybridized carbons (Fsp3) is 0.571. The Labute approximate surface area is 116 Å². The van der Waals surface area contributed by atoms with Gasteiger partial charge in [0.05, 0.1) is 11.0 Å². The Morgan fingerprint density at radius 1 is 1.35 bits per heavy atom. The van der Waals surface area contributed by atoms with E-state index in [0.29, 0.717) is 6.07 Å². The smallest absolute Gasteiger partial charge is 0.298 e. The van der Waals surface area contributed by atoms with Crippen LogP contribution in [0.25, 0.3) is 0 Å². The Hall–Kier alpha value is -1.72. The molecule has 1 aliphatic carbocycles. The van der Waals surface area contributed by atoms with Crippen molar-refractivity contribution in [1.82, 2.24) is 0 Å². The van der Waals surface area contributed by atoms with Crippen LogP contribution < -0.4 is 5.32 Å². The highest BCUT2D eigenvalue weighted by atomic mass is 19.1. The van der Waals surface area contributed by atoms with E-state index < -0.39 is 22.2 Å². The van der Waals surface area contributed by atoms with Crippen molar-refractivity contribution in [3.8, 4) is 0 Å². The number of halogens is 2. The molecule has 0 heterocycles. The van der Waals surface area contributed by atoms with E-state index in [2.05, 4.69) is 19.2 Å². The lowest BCUT2D eigenvalue weighted by Gasteiger charge is -2.20. The maximum Gasteiger partial charge on any atom is 0.298 e. The van der Waals surface area contributed by atoms with Gasteiger partial charge in [-0.25, -0.2) is 8.78 Å². The number of nitro groups is 1. The molecule has 1 aromatic rings. The van der Waals surface area contributed by atoms with Crippen LogP contribution in [0.4, 0.5) is 20.2 Å². The van der Waals surface area contributed by atoms with Crippen molar-refractivity contribution in [2.24, 2.45) is 11.3 Å². The van der Waals surface area contributed by atoms with E-state index in [-0.39, 0.29) is 23.1 Å². The van der Waals surface area contributed by atoms with Crippen LogP contribution in [0.5, 0.6) is 0 Å². The SMILES string of the molecule is CC1CC(C)(C)CC1Nc1c(F)cc(F)cc1[N+](=O)[O-]. The molecule has 0 amide bonds. The van der Waals surface area contributed by atoms with Gasteiger partial charge in [0.15, 0.2) is 5.82 Å². The molecule has 1 fully saturated rings. The van der Waals surface area contributed by atoms with E-state index in [1.807, 2.05) is 6.92 Å². The molecule has 1 aliphatic rings. The fourth-order valence-electron chi connectivity index (χ4n) is 3.12. The first-order valence-corrected chi connectivity index (χ1v) is 6.59. The number of rotatable bonds is 3. The molecule has 1 N–H and O–H groups in total. The summed E-state index contributed by atoms with van der Waals surface area (Å²) in [5, 5.41) is 13.8. The standard InChI is InChI=1S/C14H18F2N2O2/c1-8-6-14(2,3)7-11(8)17-13-10(16)4-9(15)5-12(13)18(19)20/h4-5,8,11,17H,6-7H2,1-3H3. The van der Waals surface area contributed by atoms with Crippen molar-refractivity contribution in [2.45, 2.75) is 39.7 Å². The molecular weight excluding hydrogens is 266 g/mol. The van der Waals surface area contributed by atoms with Crippen molar-refractivity contribution in [3.05, 3.63) is 33.9 Å². The molecule has 0 bridgehead atoms. The van der Waals surface area contributed by atoms with Gasteiger partial charge in [-0.2, -0.15) is 0 Å². The van der Waals surface area contributed by atoms with Gasteiger partial charge in [-0.05, 0) is 24.2 Å². The highest BCUT2D eigenvalue weighted by Crippen LogP contribution is 2.43. The van der Waals surface area contributed by atoms with E-state index in [9.17, 15) is 18.9 Å². The summed E-state index contributed by atoms with van der Waals surface area (Å²) >= 11 is 0. The summed E-state index contributed by atoms with van der Waals surface area (Å²) < 4.78 is 26.9. The van der Waals surface area contributed by atoms with Crippen LogP contribution in [0.1, 0.15) is 33.6 Å². The van der Waals surface area contributed by atoms with Crippen LogP contribution >= 0.6 is 0 Å². The molecule has 0 aromatic heterocycles. The van der Waals surface area contributed by atoms with E-state index in [1.165, 1.54) is 0 Å². The lowest BCUT2D eigenvalue weighted by Crippen LogP contribution is -2.24. The number of nitro benzene ring substituents is 1. The lowest BCUT2D eigenvalue weighted by molar-refractivity contribution is -0.384. The minimum Gasteiger partial charge on any atom is -0.374 e. The first kappa shape index (κ1) is 14.7. The molecule has 4 nitrogen and oxygen atoms in total. The molecule has 2 atom stereocenters. The van der Waals surface area contributed by atoms with Gasteiger partial charge in [-0.1, -0.05) is 20.8 Å². The van der Waals surface area contributed by atoms with Crippen LogP contribution in [0, 0.1) is 33.1 Å². The van der Waals surface area contributed by atoms with E-state index in [0.717, 1.165) is 18.9 Å². The third kappa shape index (κ3) is 2.89. The number of hydrogen-bond acceptors (Lipinski definition) is 3. The van der Waals surface area contributed by atoms with Gasteiger partial charge in [0, 0.05) is 12.1 Å². The molecule has 110 valence electrons. The van der Waals surface area contributed by atoms with Gasteiger partial charge < -0.3 is 5.32 Å². The first-order valence-electron chi connectivity index (χ1n) is 6.59. The highest BCUT2D eigenvalue weighted by Gasteiger charge is 2.38. The normalized spacial score (nSPS) is 24.6. The summed E-state index contributed by atoms with van der Waals surface area (Å²) in [5.74, 6) is -1.60. The lowest BCUT2D eigenvalue weighted by atomic mass is 9.91. The van der Waals surface area contributed by atoms with Crippen LogP contribution in [-0.4, -0.2) is 11.0 Å². The molecular formula is C14H18F2N2O2. The Morgan fingerprint density at radius 2 is 2.00 bits per heavy atom. The monoisotopic (exact) mass is 284 g/mol. The molecule has 0 spiro atoms. The van der Waals surface area contributed by atoms with Crippen molar-refractivity contribution in [3.63, 3.8) is 0 Å². The predicted octanol–water partition coefficient (Wildman–Crippen LogP) is 4.11. The van der Waals surface area contributed by atoms with E-state index in [1.54, 1.807) is 0 Å². The van der Waals surface area contributed by atoms with Gasteiger partial charge in [-0.15, -0.1) is 0 Å². The number of anilines is 1. The second-order valence-electron chi connectivity index (χ2n) is 6.34. The summed E-state index contributed by atoms with van der Waals surface area (Å²) in [4.78, 5) is 10.2. The van der Waals surface area contributed by atoms with Gasteiger partial charge in [0.2, 0.25) is 0 Å². The second-order valence-corrected chi connectivity index (χ2v) is 6.34. The molecule has 1 aromatic carbocycles. The number of benzene rings is 1. The van der Waals surface area contributed by atoms with E-state index >= 15 is 0 Å². The quantitative estimate of drug-likeness (QED) is 0.671. The average molecular weight is 284 g/mol. The minimum atomic E-state index is -0.945. The third-order valence-electron chi connectivity index (χ3n) is 3.89. The van der Waals surface area contributed by atoms with Gasteiger partial charge in [0.25, 0.3) is 5.69 Å². The fourth-order valence-corrected chi connectivity index (χ4v) is 3.12. The molecule has 20 heavy (non-hydrogen) atoms. The molecule has 2 rings (SSSR count). The van der Waals surface area contributed by atoms with Crippen molar-refractivity contribution >= 4 is 11.4 Å². The minimum absolute atomic E-state index is 0.0522. The Kier molecular flexibility index (Phi) is 3.67. The highest BCUT2D eigenvalue weighted by molar-refractivity contribution is 5.63. The average Bonchev–Trinajstić information content (AvgIpc) is 2.54. The number of nitrogens with one attached hydrogen (secondary N) is 1. The molecule has 0 aliphatic heterocycles. The molecule has 1 saturated carbocycles. The molecule has 2 unspecified atom stereocenters. The van der Waals surface area contributed by atoms with Crippen molar-refractivity contribution < 1.29 is 13.7 Å². The Morgan fingerprint density at radius 3 is 2.50 bits per heavy atom. The zero-order valence-corrected chi connectivity index (χ0v) is 11.7. The summed E-state index contributed by atoms with van der Waals surface area (Å²) in [7, 11) is 0. The second kappa shape index (κ2) is 5.00. The Bertz CT molecular complexity index is 546. The van der Waals surface area contributed by atoms with E-state index in [4.69, 9.17) is 0 Å². The summed E-state index contributed by atoms with van der Waals surface area (Å²) in [6.07, 6.45) is 1.75. The van der Waals surface area contributed by atoms with Gasteiger partial charge >= 0.3 is 0 Å². The summed E-state index contributed by atoms with van der Waals surface area (Å²) in [6, 6.07) is 1.36. The maximum atomic E-state index is 13.8. The van der Waals surface area contributed by atoms with Crippen molar-refractivity contribution in [1.29, 1.82) is 0 Å². The van der Waals surface area contributed by atoms with Crippen LogP contribution in [0.2, 0.25) is 0 Å². The maximum absolute atomic E-state index is 13.8. The third-order valence-corrected chi connectivity index (χ3v) is 3.89. The largest absolute Gasteiger partial charge is 0.374 e. The Balaban J connectivity index is 2.32. The summed E-state index contributed by atoms with van der Waals surface area (Å²) in [5.41, 5.74) is -0.659. The molecule has 0 radical (unpaired) electrons. The summed E-state index contributed by atoms with van der Waals surface area (Å²) in [6.45, 7) is 6.25. The first-order chi connectivity index (χ1) is 9.19. The predicted molar refractivity (Wildman–Crippen MR) is 72.6 cm³/mol. The topological polar surface area (TPSA) is 55.2 Å². The van der Waals surface area contributed by atoms with Crippen LogP contribution in [0.3, 0.4) is 0 Å². The number of hydrogen-bond donors (Lipinski definition) is 1. The van der Waals surface area contributed by atoms with Gasteiger partial charge in [0.1, 0.15) is 11.5 Å². The number of nitrogens with zero attached hydrogens (tertiary/aromatic N) is 1. The molecule has 6 heteroatoms. The zero-order valence-electron chi connectivity index (χ0n) is 11.7. The molecule has 0 saturated heterocycles. The zero-order chi connectivity index (χ0) is 15.1. The van der Waals surface area contributed by atoms with Crippen LogP contribution in [0.15, 0.2) is 12.1 Å². The van der Waals surface area contributed by atoms with Gasteiger partial charge in [-0.3, -0.25) is 10.1 Å². The van der Waals surface area contributed by atoms with Crippen LogP contribution in [-0.2, 0) is 0 Å². The van der Waals surface area contributed by atoms with Crippen molar-refractivity contribution in [2.75, 3.05) is 5.32 Å².